The Bertz CT molecular complexity index is 1260. The normalized spacial score (nSPS) is 12.4. The Morgan fingerprint density at radius 3 is 1.88 bits per heavy atom. The largest absolute Gasteiger partial charge is 0.471 e. The van der Waals surface area contributed by atoms with Gasteiger partial charge in [0.15, 0.2) is 0 Å². The molecule has 0 fully saturated rings. The van der Waals surface area contributed by atoms with Crippen LogP contribution in [0.5, 0.6) is 0 Å². The van der Waals surface area contributed by atoms with E-state index in [4.69, 9.17) is 27.6 Å². The van der Waals surface area contributed by atoms with Gasteiger partial charge in [-0.05, 0) is 64.4 Å². The molecule has 0 aliphatic heterocycles. The minimum atomic E-state index is -0.0702. The number of benzene rings is 3. The lowest BCUT2D eigenvalue weighted by Gasteiger charge is -2.30. The van der Waals surface area contributed by atoms with Gasteiger partial charge in [-0.2, -0.15) is 0 Å². The molecule has 0 saturated carbocycles. The number of nitrogens with zero attached hydrogens (tertiary/aromatic N) is 1. The molecule has 0 aliphatic rings. The summed E-state index contributed by atoms with van der Waals surface area (Å²) >= 11 is 13.5. The summed E-state index contributed by atoms with van der Waals surface area (Å²) in [5.41, 5.74) is 5.28. The molecular formula is C28H29Cl2NO. The molecule has 0 spiro atoms. The fourth-order valence-electron chi connectivity index (χ4n) is 3.80. The molecule has 0 atom stereocenters. The Balaban J connectivity index is 1.95. The molecule has 0 bridgehead atoms. The molecule has 1 aromatic heterocycles. The Kier molecular flexibility index (Phi) is 5.81. The van der Waals surface area contributed by atoms with Gasteiger partial charge in [0.2, 0.25) is 0 Å². The quantitative estimate of drug-likeness (QED) is 0.299. The molecule has 0 N–H and O–H groups in total. The number of halogens is 2. The first kappa shape index (κ1) is 22.8. The van der Waals surface area contributed by atoms with E-state index in [0.717, 1.165) is 33.4 Å². The molecule has 4 aromatic rings. The molecule has 0 radical (unpaired) electrons. The molecule has 0 amide bonds. The van der Waals surface area contributed by atoms with E-state index in [1.807, 2.05) is 6.07 Å². The van der Waals surface area contributed by atoms with Gasteiger partial charge < -0.3 is 9.32 Å². The van der Waals surface area contributed by atoms with Crippen LogP contribution in [-0.2, 0) is 10.8 Å². The number of fused-ring (bicyclic) bond motifs is 1. The third-order valence-corrected chi connectivity index (χ3v) is 6.62. The van der Waals surface area contributed by atoms with Crippen molar-refractivity contribution in [3.63, 3.8) is 0 Å². The first-order chi connectivity index (χ1) is 14.9. The second-order valence-corrected chi connectivity index (χ2v) is 11.1. The first-order valence-electron chi connectivity index (χ1n) is 10.8. The summed E-state index contributed by atoms with van der Waals surface area (Å²) in [5.74, 6) is 0. The predicted molar refractivity (Wildman–Crippen MR) is 138 cm³/mol. The Hall–Kier alpha value is -2.42. The predicted octanol–water partition coefficient (Wildman–Crippen LogP) is 9.80. The molecule has 4 heteroatoms. The summed E-state index contributed by atoms with van der Waals surface area (Å²) in [4.78, 5) is 2.17. The van der Waals surface area contributed by atoms with E-state index in [0.29, 0.717) is 10.0 Å². The van der Waals surface area contributed by atoms with E-state index in [9.17, 15) is 0 Å². The van der Waals surface area contributed by atoms with Gasteiger partial charge in [-0.1, -0.05) is 76.9 Å². The van der Waals surface area contributed by atoms with Crippen LogP contribution in [0.2, 0.25) is 10.0 Å². The molecule has 0 unspecified atom stereocenters. The second-order valence-electron chi connectivity index (χ2n) is 10.4. The molecule has 3 aromatic carbocycles. The number of rotatable bonds is 3. The Labute approximate surface area is 200 Å². The maximum Gasteiger partial charge on any atom is 0.0982 e. The number of hydrogen-bond donors (Lipinski definition) is 0. The van der Waals surface area contributed by atoms with Crippen molar-refractivity contribution >= 4 is 51.0 Å². The lowest BCUT2D eigenvalue weighted by molar-refractivity contribution is 0.572. The van der Waals surface area contributed by atoms with E-state index in [1.165, 1.54) is 5.56 Å². The summed E-state index contributed by atoms with van der Waals surface area (Å²) in [5, 5.41) is 3.18. The van der Waals surface area contributed by atoms with Gasteiger partial charge in [-0.3, -0.25) is 0 Å². The Morgan fingerprint density at radius 1 is 0.656 bits per heavy atom. The third kappa shape index (κ3) is 4.40. The average Bonchev–Trinajstić information content (AvgIpc) is 3.18. The molecule has 4 rings (SSSR count). The lowest BCUT2D eigenvalue weighted by atomic mass is 9.86. The second kappa shape index (κ2) is 8.17. The van der Waals surface area contributed by atoms with Crippen LogP contribution in [0.25, 0.3) is 10.8 Å². The summed E-state index contributed by atoms with van der Waals surface area (Å²) in [7, 11) is 0. The van der Waals surface area contributed by atoms with Crippen LogP contribution in [0.15, 0.2) is 71.5 Å². The molecule has 1 heterocycles. The molecular weight excluding hydrogens is 437 g/mol. The zero-order valence-corrected chi connectivity index (χ0v) is 21.0. The topological polar surface area (TPSA) is 16.4 Å². The van der Waals surface area contributed by atoms with Crippen molar-refractivity contribution in [3.8, 4) is 0 Å². The standard InChI is InChI=1S/C28H29Cl2NO/c1-27(2,3)20-8-11-22(12-9-20)31(23-10-7-18-16-32-17-19(18)13-23)25-15-21(28(4,5)6)14-24(29)26(25)30/h7-17H,1-6H3. The van der Waals surface area contributed by atoms with E-state index >= 15 is 0 Å². The van der Waals surface area contributed by atoms with Crippen molar-refractivity contribution in [2.24, 2.45) is 0 Å². The minimum absolute atomic E-state index is 0.0702. The molecule has 166 valence electrons. The minimum Gasteiger partial charge on any atom is -0.471 e. The van der Waals surface area contributed by atoms with E-state index < -0.39 is 0 Å². The van der Waals surface area contributed by atoms with E-state index in [-0.39, 0.29) is 10.8 Å². The van der Waals surface area contributed by atoms with Gasteiger partial charge in [0.05, 0.1) is 28.3 Å². The van der Waals surface area contributed by atoms with Gasteiger partial charge >= 0.3 is 0 Å². The van der Waals surface area contributed by atoms with Crippen molar-refractivity contribution in [1.29, 1.82) is 0 Å². The van der Waals surface area contributed by atoms with Crippen molar-refractivity contribution in [2.75, 3.05) is 4.90 Å². The third-order valence-electron chi connectivity index (χ3n) is 5.83. The van der Waals surface area contributed by atoms with Gasteiger partial charge in [0.1, 0.15) is 0 Å². The lowest BCUT2D eigenvalue weighted by Crippen LogP contribution is -2.16. The summed E-state index contributed by atoms with van der Waals surface area (Å²) in [6, 6.07) is 19.0. The molecule has 32 heavy (non-hydrogen) atoms. The fraction of sp³-hybridized carbons (Fsp3) is 0.286. The molecule has 2 nitrogen and oxygen atoms in total. The first-order valence-corrected chi connectivity index (χ1v) is 11.6. The van der Waals surface area contributed by atoms with Gasteiger partial charge in [0.25, 0.3) is 0 Å². The average molecular weight is 466 g/mol. The highest BCUT2D eigenvalue weighted by Crippen LogP contribution is 2.45. The van der Waals surface area contributed by atoms with Crippen molar-refractivity contribution in [1.82, 2.24) is 0 Å². The highest BCUT2D eigenvalue weighted by molar-refractivity contribution is 6.44. The van der Waals surface area contributed by atoms with Gasteiger partial charge in [-0.15, -0.1) is 0 Å². The van der Waals surface area contributed by atoms with Crippen LogP contribution < -0.4 is 4.90 Å². The van der Waals surface area contributed by atoms with E-state index in [1.54, 1.807) is 12.5 Å². The van der Waals surface area contributed by atoms with E-state index in [2.05, 4.69) is 95.0 Å². The van der Waals surface area contributed by atoms with Crippen LogP contribution >= 0.6 is 23.2 Å². The van der Waals surface area contributed by atoms with Crippen LogP contribution in [0.3, 0.4) is 0 Å². The van der Waals surface area contributed by atoms with Gasteiger partial charge in [-0.25, -0.2) is 0 Å². The maximum atomic E-state index is 6.82. The zero-order chi connectivity index (χ0) is 23.3. The molecule has 0 saturated heterocycles. The summed E-state index contributed by atoms with van der Waals surface area (Å²) < 4.78 is 5.41. The Morgan fingerprint density at radius 2 is 1.25 bits per heavy atom. The zero-order valence-electron chi connectivity index (χ0n) is 19.5. The van der Waals surface area contributed by atoms with Crippen LogP contribution in [0.4, 0.5) is 17.1 Å². The number of anilines is 3. The van der Waals surface area contributed by atoms with Crippen molar-refractivity contribution in [2.45, 2.75) is 52.4 Å². The SMILES string of the molecule is CC(C)(C)c1ccc(N(c2ccc3cocc3c2)c2cc(C(C)(C)C)cc(Cl)c2Cl)cc1. The van der Waals surface area contributed by atoms with Crippen molar-refractivity contribution < 1.29 is 4.42 Å². The number of furan rings is 1. The smallest absolute Gasteiger partial charge is 0.0982 e. The van der Waals surface area contributed by atoms with Gasteiger partial charge in [0, 0.05) is 22.1 Å². The maximum absolute atomic E-state index is 6.82. The van der Waals surface area contributed by atoms with Crippen molar-refractivity contribution in [3.05, 3.63) is 88.3 Å². The monoisotopic (exact) mass is 465 g/mol. The highest BCUT2D eigenvalue weighted by Gasteiger charge is 2.23. The number of hydrogen-bond acceptors (Lipinski definition) is 2. The summed E-state index contributed by atoms with van der Waals surface area (Å²) in [6.07, 6.45) is 3.52. The fourth-order valence-corrected chi connectivity index (χ4v) is 4.21. The highest BCUT2D eigenvalue weighted by atomic mass is 35.5. The van der Waals surface area contributed by atoms with Crippen LogP contribution in [0, 0.1) is 0 Å². The van der Waals surface area contributed by atoms with Crippen LogP contribution in [0.1, 0.15) is 52.7 Å². The van der Waals surface area contributed by atoms with Crippen LogP contribution in [-0.4, -0.2) is 0 Å². The summed E-state index contributed by atoms with van der Waals surface area (Å²) in [6.45, 7) is 13.2. The molecule has 0 aliphatic carbocycles.